The number of nitrogens with zero attached hydrogens (tertiary/aromatic N) is 1. The third kappa shape index (κ3) is 3.72. The van der Waals surface area contributed by atoms with E-state index in [4.69, 9.17) is 0 Å². The largest absolute Gasteiger partial charge is 1.00 e. The molecule has 3 nitrogen and oxygen atoms in total. The topological polar surface area (TPSA) is 43.4 Å². The van der Waals surface area contributed by atoms with Crippen molar-refractivity contribution in [3.8, 4) is 0 Å². The molecule has 1 aliphatic rings. The van der Waals surface area contributed by atoms with Gasteiger partial charge in [-0.3, -0.25) is 4.90 Å². The third-order valence-corrected chi connectivity index (χ3v) is 2.49. The average Bonchev–Trinajstić information content (AvgIpc) is 2.33. The van der Waals surface area contributed by atoms with Gasteiger partial charge in [-0.15, -0.1) is 0 Å². The molecule has 0 unspecified atom stereocenters. The Morgan fingerprint density at radius 3 is 2.69 bits per heavy atom. The summed E-state index contributed by atoms with van der Waals surface area (Å²) in [5.74, 6) is -0.924. The predicted octanol–water partition coefficient (Wildman–Crippen LogP) is -3.00. The molecular formula is C9H16LiNO2. The van der Waals surface area contributed by atoms with Crippen LogP contribution < -0.4 is 24.0 Å². The zero-order valence-corrected chi connectivity index (χ0v) is 8.75. The van der Waals surface area contributed by atoms with E-state index in [9.17, 15) is 9.90 Å². The number of carbonyl (C=O) groups is 1. The average molecular weight is 177 g/mol. The standard InChI is InChI=1S/C9H17NO2.Li/c1-7(2)10-5-3-4-8(10)6-9(11)12;/h7-8H,3-6H2,1-2H3,(H,11,12);/q;+1/p-1/t8-;/m1./s1. The number of hydrogen-bond donors (Lipinski definition) is 0. The fourth-order valence-electron chi connectivity index (χ4n) is 1.95. The van der Waals surface area contributed by atoms with Crippen LogP contribution in [0.1, 0.15) is 33.1 Å². The zero-order valence-electron chi connectivity index (χ0n) is 8.75. The molecule has 1 aliphatic heterocycles. The fourth-order valence-corrected chi connectivity index (χ4v) is 1.95. The molecular weight excluding hydrogens is 161 g/mol. The summed E-state index contributed by atoms with van der Waals surface area (Å²) < 4.78 is 0. The van der Waals surface area contributed by atoms with E-state index >= 15 is 0 Å². The number of likely N-dealkylation sites (tertiary alicyclic amines) is 1. The van der Waals surface area contributed by atoms with E-state index in [1.165, 1.54) is 0 Å². The Morgan fingerprint density at radius 2 is 2.23 bits per heavy atom. The maximum Gasteiger partial charge on any atom is 1.00 e. The van der Waals surface area contributed by atoms with Crippen molar-refractivity contribution in [3.63, 3.8) is 0 Å². The van der Waals surface area contributed by atoms with Crippen LogP contribution in [0.3, 0.4) is 0 Å². The number of aliphatic carboxylic acids is 1. The Balaban J connectivity index is 0.00000144. The van der Waals surface area contributed by atoms with Gasteiger partial charge in [-0.2, -0.15) is 0 Å². The molecule has 0 amide bonds. The first-order valence-electron chi connectivity index (χ1n) is 4.57. The molecule has 0 radical (unpaired) electrons. The van der Waals surface area contributed by atoms with Crippen molar-refractivity contribution in [2.75, 3.05) is 6.54 Å². The molecule has 0 saturated carbocycles. The molecule has 0 aliphatic carbocycles. The van der Waals surface area contributed by atoms with E-state index < -0.39 is 5.97 Å². The summed E-state index contributed by atoms with van der Waals surface area (Å²) in [7, 11) is 0. The van der Waals surface area contributed by atoms with Gasteiger partial charge in [-0.25, -0.2) is 0 Å². The van der Waals surface area contributed by atoms with Crippen molar-refractivity contribution in [1.29, 1.82) is 0 Å². The fraction of sp³-hybridized carbons (Fsp3) is 0.889. The van der Waals surface area contributed by atoms with Crippen molar-refractivity contribution in [2.24, 2.45) is 0 Å². The van der Waals surface area contributed by atoms with Gasteiger partial charge in [0, 0.05) is 24.5 Å². The monoisotopic (exact) mass is 177 g/mol. The van der Waals surface area contributed by atoms with Crippen LogP contribution in [0, 0.1) is 0 Å². The van der Waals surface area contributed by atoms with Gasteiger partial charge in [0.2, 0.25) is 0 Å². The number of hydrogen-bond acceptors (Lipinski definition) is 3. The van der Waals surface area contributed by atoms with Gasteiger partial charge in [0.05, 0.1) is 0 Å². The molecule has 0 bridgehead atoms. The Kier molecular flexibility index (Phi) is 5.71. The molecule has 0 spiro atoms. The van der Waals surface area contributed by atoms with Crippen LogP contribution in [0.15, 0.2) is 0 Å². The summed E-state index contributed by atoms with van der Waals surface area (Å²) >= 11 is 0. The van der Waals surface area contributed by atoms with Gasteiger partial charge in [-0.05, 0) is 33.2 Å². The van der Waals surface area contributed by atoms with Crippen LogP contribution in [0.5, 0.6) is 0 Å². The van der Waals surface area contributed by atoms with Crippen LogP contribution in [0.25, 0.3) is 0 Å². The summed E-state index contributed by atoms with van der Waals surface area (Å²) in [4.78, 5) is 12.6. The molecule has 4 heteroatoms. The maximum atomic E-state index is 10.4. The van der Waals surface area contributed by atoms with Crippen LogP contribution in [-0.4, -0.2) is 29.5 Å². The second-order valence-corrected chi connectivity index (χ2v) is 3.70. The summed E-state index contributed by atoms with van der Waals surface area (Å²) in [5, 5.41) is 10.4. The first-order chi connectivity index (χ1) is 5.61. The molecule has 0 aromatic heterocycles. The van der Waals surface area contributed by atoms with Crippen molar-refractivity contribution >= 4 is 5.97 Å². The smallest absolute Gasteiger partial charge is 0.550 e. The molecule has 0 aromatic rings. The van der Waals surface area contributed by atoms with Crippen LogP contribution in [0.2, 0.25) is 0 Å². The minimum absolute atomic E-state index is 0. The number of rotatable bonds is 3. The van der Waals surface area contributed by atoms with E-state index in [2.05, 4.69) is 18.7 Å². The van der Waals surface area contributed by atoms with Gasteiger partial charge in [-0.1, -0.05) is 0 Å². The van der Waals surface area contributed by atoms with E-state index in [0.29, 0.717) is 6.04 Å². The molecule has 1 fully saturated rings. The first-order valence-corrected chi connectivity index (χ1v) is 4.57. The Morgan fingerprint density at radius 1 is 1.62 bits per heavy atom. The molecule has 0 aromatic carbocycles. The van der Waals surface area contributed by atoms with Crippen LogP contribution >= 0.6 is 0 Å². The molecule has 70 valence electrons. The minimum atomic E-state index is -0.924. The summed E-state index contributed by atoms with van der Waals surface area (Å²) in [6.45, 7) is 5.25. The van der Waals surface area contributed by atoms with Crippen molar-refractivity contribution in [2.45, 2.75) is 45.2 Å². The molecule has 13 heavy (non-hydrogen) atoms. The number of carbonyl (C=O) groups excluding carboxylic acids is 1. The number of carboxylic acids is 1. The number of carboxylic acid groups (broad SMARTS) is 1. The predicted molar refractivity (Wildman–Crippen MR) is 44.5 cm³/mol. The summed E-state index contributed by atoms with van der Waals surface area (Å²) in [6.07, 6.45) is 2.32. The zero-order chi connectivity index (χ0) is 9.14. The molecule has 1 heterocycles. The Hall–Kier alpha value is 0.0274. The summed E-state index contributed by atoms with van der Waals surface area (Å²) in [6, 6.07) is 0.673. The maximum absolute atomic E-state index is 10.4. The summed E-state index contributed by atoms with van der Waals surface area (Å²) in [5.41, 5.74) is 0. The Labute approximate surface area is 91.7 Å². The SMILES string of the molecule is CC(C)N1CCC[C@@H]1CC(=O)[O-].[Li+]. The van der Waals surface area contributed by atoms with Crippen molar-refractivity contribution in [3.05, 3.63) is 0 Å². The molecule has 1 saturated heterocycles. The normalized spacial score (nSPS) is 23.2. The van der Waals surface area contributed by atoms with E-state index in [1.807, 2.05) is 0 Å². The van der Waals surface area contributed by atoms with Gasteiger partial charge >= 0.3 is 18.9 Å². The minimum Gasteiger partial charge on any atom is -0.550 e. The van der Waals surface area contributed by atoms with E-state index in [0.717, 1.165) is 19.4 Å². The molecule has 0 N–H and O–H groups in total. The van der Waals surface area contributed by atoms with Gasteiger partial charge in [0.15, 0.2) is 0 Å². The van der Waals surface area contributed by atoms with Crippen molar-refractivity contribution < 1.29 is 28.8 Å². The van der Waals surface area contributed by atoms with Crippen LogP contribution in [0.4, 0.5) is 0 Å². The van der Waals surface area contributed by atoms with Crippen molar-refractivity contribution in [1.82, 2.24) is 4.90 Å². The Bertz CT molecular complexity index is 173. The first kappa shape index (κ1) is 13.0. The van der Waals surface area contributed by atoms with Gasteiger partial charge in [0.1, 0.15) is 0 Å². The second-order valence-electron chi connectivity index (χ2n) is 3.70. The molecule has 1 rings (SSSR count). The second kappa shape index (κ2) is 5.69. The van der Waals surface area contributed by atoms with Crippen LogP contribution in [-0.2, 0) is 4.79 Å². The third-order valence-electron chi connectivity index (χ3n) is 2.49. The quantitative estimate of drug-likeness (QED) is 0.432. The van der Waals surface area contributed by atoms with Gasteiger partial charge in [0.25, 0.3) is 0 Å². The van der Waals surface area contributed by atoms with Gasteiger partial charge < -0.3 is 9.90 Å². The molecule has 1 atom stereocenters. The van der Waals surface area contributed by atoms with E-state index in [-0.39, 0.29) is 31.3 Å². The van der Waals surface area contributed by atoms with E-state index in [1.54, 1.807) is 0 Å².